The third kappa shape index (κ3) is 3.96. The van der Waals surface area contributed by atoms with E-state index in [4.69, 9.17) is 4.74 Å². The maximum Gasteiger partial charge on any atom is 0.270 e. The Balaban J connectivity index is 1.53. The molecule has 1 aromatic heterocycles. The molecule has 9 heteroatoms. The highest BCUT2D eigenvalue weighted by Gasteiger charge is 2.35. The number of hydrogen-bond acceptors (Lipinski definition) is 4. The maximum atomic E-state index is 13.1. The number of aromatic nitrogens is 1. The molecule has 1 aliphatic heterocycles. The molecule has 1 saturated carbocycles. The second-order valence-electron chi connectivity index (χ2n) is 7.06. The number of nitrogens with one attached hydrogen (secondary N) is 1. The normalized spacial score (nSPS) is 18.2. The third-order valence-electron chi connectivity index (χ3n) is 5.01. The first-order chi connectivity index (χ1) is 13.4. The summed E-state index contributed by atoms with van der Waals surface area (Å²) < 4.78 is 45.2. The Bertz CT molecular complexity index is 948. The number of H-pyrrole nitrogens is 1. The summed E-state index contributed by atoms with van der Waals surface area (Å²) in [6, 6.07) is 7.56. The van der Waals surface area contributed by atoms with E-state index in [1.54, 1.807) is 17.0 Å². The molecule has 2 aromatic rings. The number of rotatable bonds is 6. The van der Waals surface area contributed by atoms with Crippen molar-refractivity contribution >= 4 is 15.9 Å². The van der Waals surface area contributed by atoms with Crippen LogP contribution in [0.25, 0.3) is 0 Å². The van der Waals surface area contributed by atoms with Crippen molar-refractivity contribution in [2.75, 3.05) is 26.3 Å². The Labute approximate surface area is 163 Å². The van der Waals surface area contributed by atoms with Crippen LogP contribution in [0.3, 0.4) is 0 Å². The standard InChI is InChI=1S/C19H22FN3O4S/c20-15-3-1-14(2-4-15)13-23(16-5-6-16)19(24)18-11-17(12-21-18)28(25,26)22-7-9-27-10-8-22/h1-4,11-12,16,21H,5-10,13H2. The molecule has 2 fully saturated rings. The lowest BCUT2D eigenvalue weighted by Gasteiger charge is -2.25. The minimum Gasteiger partial charge on any atom is -0.379 e. The van der Waals surface area contributed by atoms with Gasteiger partial charge in [0, 0.05) is 31.9 Å². The zero-order valence-corrected chi connectivity index (χ0v) is 16.1. The number of carbonyl (C=O) groups excluding carboxylic acids is 1. The van der Waals surface area contributed by atoms with E-state index in [2.05, 4.69) is 4.98 Å². The molecule has 1 amide bonds. The van der Waals surface area contributed by atoms with Crippen LogP contribution in [0.1, 0.15) is 28.9 Å². The molecule has 1 aliphatic carbocycles. The largest absolute Gasteiger partial charge is 0.379 e. The van der Waals surface area contributed by atoms with Gasteiger partial charge in [-0.25, -0.2) is 12.8 Å². The minimum atomic E-state index is -3.66. The van der Waals surface area contributed by atoms with Crippen LogP contribution in [0.15, 0.2) is 41.4 Å². The third-order valence-corrected chi connectivity index (χ3v) is 6.89. The van der Waals surface area contributed by atoms with Crippen molar-refractivity contribution in [1.29, 1.82) is 0 Å². The van der Waals surface area contributed by atoms with E-state index in [1.165, 1.54) is 28.7 Å². The van der Waals surface area contributed by atoms with E-state index in [0.717, 1.165) is 18.4 Å². The summed E-state index contributed by atoms with van der Waals surface area (Å²) in [5.74, 6) is -0.578. The molecule has 1 saturated heterocycles. The van der Waals surface area contributed by atoms with Crippen LogP contribution in [-0.2, 0) is 21.3 Å². The first-order valence-electron chi connectivity index (χ1n) is 9.27. The number of morpholine rings is 1. The van der Waals surface area contributed by atoms with Gasteiger partial charge in [0.05, 0.1) is 13.2 Å². The number of carbonyl (C=O) groups is 1. The van der Waals surface area contributed by atoms with Crippen molar-refractivity contribution in [2.45, 2.75) is 30.3 Å². The molecular weight excluding hydrogens is 385 g/mol. The van der Waals surface area contributed by atoms with Crippen LogP contribution in [0.4, 0.5) is 4.39 Å². The molecule has 1 N–H and O–H groups in total. The molecule has 1 aromatic carbocycles. The highest BCUT2D eigenvalue weighted by Crippen LogP contribution is 2.30. The van der Waals surface area contributed by atoms with Gasteiger partial charge in [-0.3, -0.25) is 4.79 Å². The lowest BCUT2D eigenvalue weighted by Crippen LogP contribution is -2.40. The first-order valence-corrected chi connectivity index (χ1v) is 10.7. The number of halogens is 1. The van der Waals surface area contributed by atoms with Crippen LogP contribution in [-0.4, -0.2) is 60.9 Å². The van der Waals surface area contributed by atoms with E-state index in [0.29, 0.717) is 32.8 Å². The molecular formula is C19H22FN3O4S. The first kappa shape index (κ1) is 19.1. The molecule has 0 unspecified atom stereocenters. The second-order valence-corrected chi connectivity index (χ2v) is 8.99. The van der Waals surface area contributed by atoms with Crippen molar-refractivity contribution in [1.82, 2.24) is 14.2 Å². The van der Waals surface area contributed by atoms with Crippen molar-refractivity contribution in [3.8, 4) is 0 Å². The van der Waals surface area contributed by atoms with E-state index in [1.807, 2.05) is 0 Å². The summed E-state index contributed by atoms with van der Waals surface area (Å²) in [7, 11) is -3.66. The van der Waals surface area contributed by atoms with Gasteiger partial charge in [0.1, 0.15) is 16.4 Å². The fourth-order valence-electron chi connectivity index (χ4n) is 3.28. The Morgan fingerprint density at radius 2 is 1.89 bits per heavy atom. The molecule has 0 bridgehead atoms. The van der Waals surface area contributed by atoms with Gasteiger partial charge in [-0.05, 0) is 36.6 Å². The fraction of sp³-hybridized carbons (Fsp3) is 0.421. The summed E-state index contributed by atoms with van der Waals surface area (Å²) in [6.45, 7) is 1.69. The number of nitrogens with zero attached hydrogens (tertiary/aromatic N) is 2. The molecule has 4 rings (SSSR count). The van der Waals surface area contributed by atoms with E-state index >= 15 is 0 Å². The van der Waals surface area contributed by atoms with Gasteiger partial charge in [0.2, 0.25) is 10.0 Å². The number of hydrogen-bond donors (Lipinski definition) is 1. The minimum absolute atomic E-state index is 0.0790. The van der Waals surface area contributed by atoms with Crippen molar-refractivity contribution in [3.05, 3.63) is 53.6 Å². The Hall–Kier alpha value is -2.23. The van der Waals surface area contributed by atoms with Gasteiger partial charge < -0.3 is 14.6 Å². The van der Waals surface area contributed by atoms with E-state index < -0.39 is 10.0 Å². The molecule has 28 heavy (non-hydrogen) atoms. The topological polar surface area (TPSA) is 82.7 Å². The van der Waals surface area contributed by atoms with Gasteiger partial charge in [0.25, 0.3) is 5.91 Å². The Morgan fingerprint density at radius 1 is 1.21 bits per heavy atom. The predicted molar refractivity (Wildman–Crippen MR) is 99.7 cm³/mol. The summed E-state index contributed by atoms with van der Waals surface area (Å²) in [5.41, 5.74) is 1.07. The number of benzene rings is 1. The Kier molecular flexibility index (Phi) is 5.22. The monoisotopic (exact) mass is 407 g/mol. The molecule has 0 atom stereocenters. The van der Waals surface area contributed by atoms with Gasteiger partial charge in [0.15, 0.2) is 0 Å². The SMILES string of the molecule is O=C(c1cc(S(=O)(=O)N2CCOCC2)c[nH]1)N(Cc1ccc(F)cc1)C1CC1. The van der Waals surface area contributed by atoms with Crippen LogP contribution in [0.5, 0.6) is 0 Å². The summed E-state index contributed by atoms with van der Waals surface area (Å²) in [4.78, 5) is 17.6. The van der Waals surface area contributed by atoms with Crippen molar-refractivity contribution in [2.24, 2.45) is 0 Å². The van der Waals surface area contributed by atoms with Gasteiger partial charge in [-0.15, -0.1) is 0 Å². The van der Waals surface area contributed by atoms with E-state index in [-0.39, 0.29) is 28.4 Å². The fourth-order valence-corrected chi connectivity index (χ4v) is 4.68. The summed E-state index contributed by atoms with van der Waals surface area (Å²) in [5, 5.41) is 0. The molecule has 0 radical (unpaired) electrons. The molecule has 7 nitrogen and oxygen atoms in total. The van der Waals surface area contributed by atoms with Crippen LogP contribution in [0.2, 0.25) is 0 Å². The lowest BCUT2D eigenvalue weighted by molar-refractivity contribution is 0.0723. The molecule has 2 heterocycles. The zero-order valence-electron chi connectivity index (χ0n) is 15.3. The average molecular weight is 407 g/mol. The number of amides is 1. The smallest absolute Gasteiger partial charge is 0.270 e. The van der Waals surface area contributed by atoms with Gasteiger partial charge >= 0.3 is 0 Å². The highest BCUT2D eigenvalue weighted by molar-refractivity contribution is 7.89. The maximum absolute atomic E-state index is 13.1. The van der Waals surface area contributed by atoms with Gasteiger partial charge in [-0.2, -0.15) is 4.31 Å². The summed E-state index contributed by atoms with van der Waals surface area (Å²) in [6.07, 6.45) is 3.18. The zero-order chi connectivity index (χ0) is 19.7. The van der Waals surface area contributed by atoms with Crippen LogP contribution >= 0.6 is 0 Å². The average Bonchev–Trinajstić information content (AvgIpc) is 3.42. The molecule has 2 aliphatic rings. The number of aromatic amines is 1. The second kappa shape index (κ2) is 7.65. The molecule has 150 valence electrons. The van der Waals surface area contributed by atoms with Crippen LogP contribution < -0.4 is 0 Å². The van der Waals surface area contributed by atoms with Crippen LogP contribution in [0, 0.1) is 5.82 Å². The molecule has 0 spiro atoms. The van der Waals surface area contributed by atoms with Crippen molar-refractivity contribution in [3.63, 3.8) is 0 Å². The van der Waals surface area contributed by atoms with E-state index in [9.17, 15) is 17.6 Å². The van der Waals surface area contributed by atoms with Gasteiger partial charge in [-0.1, -0.05) is 12.1 Å². The highest BCUT2D eigenvalue weighted by atomic mass is 32.2. The summed E-state index contributed by atoms with van der Waals surface area (Å²) >= 11 is 0. The number of sulfonamides is 1. The quantitative estimate of drug-likeness (QED) is 0.794. The van der Waals surface area contributed by atoms with Crippen molar-refractivity contribution < 1.29 is 22.3 Å². The lowest BCUT2D eigenvalue weighted by atomic mass is 10.2. The Morgan fingerprint density at radius 3 is 2.54 bits per heavy atom. The predicted octanol–water partition coefficient (Wildman–Crippen LogP) is 1.98. The number of ether oxygens (including phenoxy) is 1.